The van der Waals surface area contributed by atoms with E-state index >= 15 is 0 Å². The van der Waals surface area contributed by atoms with Gasteiger partial charge in [-0.25, -0.2) is 4.79 Å². The summed E-state index contributed by atoms with van der Waals surface area (Å²) < 4.78 is 12.0. The first-order valence-electron chi connectivity index (χ1n) is 9.12. The van der Waals surface area contributed by atoms with E-state index in [1.807, 2.05) is 19.1 Å². The van der Waals surface area contributed by atoms with Crippen LogP contribution < -0.4 is 10.5 Å². The molecule has 3 rings (SSSR count). The molecular weight excluding hydrogens is 332 g/mol. The van der Waals surface area contributed by atoms with E-state index in [0.29, 0.717) is 22.3 Å². The molecule has 2 aromatic rings. The molecule has 1 aromatic heterocycles. The number of carbonyl (C=O) groups is 1. The Morgan fingerprint density at radius 2 is 2.00 bits per heavy atom. The number of anilines is 1. The second-order valence-electron chi connectivity index (χ2n) is 6.81. The van der Waals surface area contributed by atoms with Crippen molar-refractivity contribution in [2.75, 3.05) is 12.8 Å². The molecule has 1 aliphatic carbocycles. The van der Waals surface area contributed by atoms with Gasteiger partial charge in [-0.05, 0) is 44.2 Å². The molecule has 1 fully saturated rings. The lowest BCUT2D eigenvalue weighted by molar-refractivity contribution is -0.0226. The highest BCUT2D eigenvalue weighted by Gasteiger charge is 2.29. The molecule has 6 nitrogen and oxygen atoms in total. The highest BCUT2D eigenvalue weighted by molar-refractivity contribution is 6.07. The van der Waals surface area contributed by atoms with Gasteiger partial charge in [0.2, 0.25) is 0 Å². The highest BCUT2D eigenvalue weighted by Crippen LogP contribution is 2.38. The third-order valence-electron chi connectivity index (χ3n) is 5.21. The average Bonchev–Trinajstić information content (AvgIpc) is 2.61. The molecule has 26 heavy (non-hydrogen) atoms. The zero-order valence-electron chi connectivity index (χ0n) is 15.5. The van der Waals surface area contributed by atoms with Crippen molar-refractivity contribution in [2.24, 2.45) is 0 Å². The monoisotopic (exact) mass is 358 g/mol. The molecule has 1 saturated carbocycles. The maximum atomic E-state index is 11.7. The lowest BCUT2D eigenvalue weighted by Gasteiger charge is -2.32. The molecule has 6 heteroatoms. The Morgan fingerprint density at radius 3 is 2.62 bits per heavy atom. The second-order valence-corrected chi connectivity index (χ2v) is 6.81. The van der Waals surface area contributed by atoms with Gasteiger partial charge < -0.3 is 20.3 Å². The van der Waals surface area contributed by atoms with Crippen molar-refractivity contribution in [3.8, 4) is 5.75 Å². The number of pyridine rings is 1. The molecule has 2 unspecified atom stereocenters. The molecule has 0 saturated heterocycles. The lowest BCUT2D eigenvalue weighted by atomic mass is 9.94. The number of aromatic carboxylic acids is 1. The quantitative estimate of drug-likeness (QED) is 0.846. The number of hydrogen-bond acceptors (Lipinski definition) is 5. The molecule has 1 heterocycles. The first kappa shape index (κ1) is 18.5. The van der Waals surface area contributed by atoms with Crippen LogP contribution in [-0.4, -0.2) is 35.4 Å². The number of methoxy groups -OCH3 is 1. The third-order valence-corrected chi connectivity index (χ3v) is 5.21. The molecule has 3 N–H and O–H groups in total. The van der Waals surface area contributed by atoms with Crippen LogP contribution in [0.15, 0.2) is 12.1 Å². The topological polar surface area (TPSA) is 94.7 Å². The van der Waals surface area contributed by atoms with Crippen LogP contribution in [0.5, 0.6) is 5.75 Å². The zero-order valence-corrected chi connectivity index (χ0v) is 15.5. The number of nitrogens with two attached hydrogens (primary N) is 1. The van der Waals surface area contributed by atoms with Crippen LogP contribution in [0, 0.1) is 6.92 Å². The van der Waals surface area contributed by atoms with Crippen LogP contribution in [0.4, 0.5) is 5.69 Å². The van der Waals surface area contributed by atoms with Crippen molar-refractivity contribution >= 4 is 22.6 Å². The van der Waals surface area contributed by atoms with Gasteiger partial charge >= 0.3 is 5.97 Å². The summed E-state index contributed by atoms with van der Waals surface area (Å²) in [7, 11) is 1.71. The SMILES string of the molecule is CCc1ccc2nc(C)c(C(=O)O)c(N)c2c1OC1CCCCC1OC. The van der Waals surface area contributed by atoms with E-state index in [9.17, 15) is 9.90 Å². The first-order valence-corrected chi connectivity index (χ1v) is 9.12. The predicted molar refractivity (Wildman–Crippen MR) is 101 cm³/mol. The number of aromatic nitrogens is 1. The van der Waals surface area contributed by atoms with E-state index in [1.54, 1.807) is 14.0 Å². The van der Waals surface area contributed by atoms with Gasteiger partial charge in [0.1, 0.15) is 17.4 Å². The lowest BCUT2D eigenvalue weighted by Crippen LogP contribution is -2.36. The Morgan fingerprint density at radius 1 is 1.31 bits per heavy atom. The molecule has 0 aliphatic heterocycles. The Labute approximate surface area is 153 Å². The van der Waals surface area contributed by atoms with Crippen LogP contribution in [0.25, 0.3) is 10.9 Å². The fourth-order valence-electron chi connectivity index (χ4n) is 3.83. The van der Waals surface area contributed by atoms with Crippen LogP contribution in [0.1, 0.15) is 54.2 Å². The van der Waals surface area contributed by atoms with Crippen molar-refractivity contribution in [2.45, 2.75) is 58.2 Å². The van der Waals surface area contributed by atoms with Gasteiger partial charge in [-0.3, -0.25) is 4.98 Å². The molecule has 140 valence electrons. The Kier molecular flexibility index (Phi) is 5.32. The molecule has 0 amide bonds. The zero-order chi connectivity index (χ0) is 18.8. The van der Waals surface area contributed by atoms with Gasteiger partial charge in [0, 0.05) is 7.11 Å². The van der Waals surface area contributed by atoms with E-state index in [2.05, 4.69) is 4.98 Å². The van der Waals surface area contributed by atoms with E-state index in [-0.39, 0.29) is 23.5 Å². The van der Waals surface area contributed by atoms with Crippen molar-refractivity contribution in [1.82, 2.24) is 4.98 Å². The maximum Gasteiger partial charge on any atom is 0.339 e. The summed E-state index contributed by atoms with van der Waals surface area (Å²) >= 11 is 0. The van der Waals surface area contributed by atoms with Gasteiger partial charge in [0.15, 0.2) is 0 Å². The summed E-state index contributed by atoms with van der Waals surface area (Å²) in [6, 6.07) is 3.86. The third kappa shape index (κ3) is 3.21. The van der Waals surface area contributed by atoms with Gasteiger partial charge in [0.25, 0.3) is 0 Å². The second kappa shape index (κ2) is 7.50. The van der Waals surface area contributed by atoms with Crippen LogP contribution in [-0.2, 0) is 11.2 Å². The normalized spacial score (nSPS) is 20.3. The molecule has 1 aliphatic rings. The standard InChI is InChI=1S/C20H26N2O4/c1-4-12-9-10-13-17(18(21)16(20(23)24)11(2)22-13)19(12)26-15-8-6-5-7-14(15)25-3/h9-10,14-15H,4-8H2,1-3H3,(H2,21,22)(H,23,24). The number of ether oxygens (including phenoxy) is 2. The van der Waals surface area contributed by atoms with Crippen molar-refractivity contribution < 1.29 is 19.4 Å². The number of hydrogen-bond donors (Lipinski definition) is 2. The van der Waals surface area contributed by atoms with Crippen molar-refractivity contribution in [1.29, 1.82) is 0 Å². The molecule has 1 aromatic carbocycles. The van der Waals surface area contributed by atoms with E-state index < -0.39 is 5.97 Å². The van der Waals surface area contributed by atoms with Gasteiger partial charge in [-0.1, -0.05) is 19.4 Å². The smallest absolute Gasteiger partial charge is 0.339 e. The summed E-state index contributed by atoms with van der Waals surface area (Å²) in [4.78, 5) is 16.1. The highest BCUT2D eigenvalue weighted by atomic mass is 16.5. The predicted octanol–water partition coefficient (Wildman–Crippen LogP) is 3.72. The number of nitrogens with zero attached hydrogens (tertiary/aromatic N) is 1. The summed E-state index contributed by atoms with van der Waals surface area (Å²) in [5.41, 5.74) is 8.60. The summed E-state index contributed by atoms with van der Waals surface area (Å²) in [5, 5.41) is 10.1. The van der Waals surface area contributed by atoms with Crippen LogP contribution in [0.2, 0.25) is 0 Å². The number of nitrogen functional groups attached to an aromatic ring is 1. The number of carboxylic acids is 1. The van der Waals surface area contributed by atoms with E-state index in [1.165, 1.54) is 0 Å². The first-order chi connectivity index (χ1) is 12.5. The minimum absolute atomic E-state index is 0.0299. The molecular formula is C20H26N2O4. The Hall–Kier alpha value is -2.34. The fraction of sp³-hybridized carbons (Fsp3) is 0.500. The van der Waals surface area contributed by atoms with Crippen LogP contribution >= 0.6 is 0 Å². The summed E-state index contributed by atoms with van der Waals surface area (Å²) in [5.74, 6) is -0.430. The number of rotatable bonds is 5. The molecule has 0 spiro atoms. The van der Waals surface area contributed by atoms with E-state index in [4.69, 9.17) is 15.2 Å². The largest absolute Gasteiger partial charge is 0.487 e. The van der Waals surface area contributed by atoms with Crippen molar-refractivity contribution in [3.05, 3.63) is 29.0 Å². The summed E-state index contributed by atoms with van der Waals surface area (Å²) in [6.07, 6.45) is 4.79. The molecule has 2 atom stereocenters. The average molecular weight is 358 g/mol. The minimum Gasteiger partial charge on any atom is -0.487 e. The van der Waals surface area contributed by atoms with Gasteiger partial charge in [-0.2, -0.15) is 0 Å². The van der Waals surface area contributed by atoms with Gasteiger partial charge in [0.05, 0.1) is 28.4 Å². The van der Waals surface area contributed by atoms with E-state index in [0.717, 1.165) is 37.7 Å². The number of fused-ring (bicyclic) bond motifs is 1. The molecule has 0 bridgehead atoms. The minimum atomic E-state index is -1.07. The van der Waals surface area contributed by atoms with Gasteiger partial charge in [-0.15, -0.1) is 0 Å². The maximum absolute atomic E-state index is 11.7. The Balaban J connectivity index is 2.18. The fourth-order valence-corrected chi connectivity index (χ4v) is 3.83. The van der Waals surface area contributed by atoms with Crippen LogP contribution in [0.3, 0.4) is 0 Å². The number of carboxylic acid groups (broad SMARTS) is 1. The number of benzene rings is 1. The Bertz CT molecular complexity index is 834. The molecule has 0 radical (unpaired) electrons. The number of aryl methyl sites for hydroxylation is 2. The summed E-state index contributed by atoms with van der Waals surface area (Å²) in [6.45, 7) is 3.70. The van der Waals surface area contributed by atoms with Crippen molar-refractivity contribution in [3.63, 3.8) is 0 Å².